The van der Waals surface area contributed by atoms with Crippen LogP contribution in [0.4, 0.5) is 14.7 Å². The molecule has 1 aromatic heterocycles. The van der Waals surface area contributed by atoms with Gasteiger partial charge in [0.25, 0.3) is 0 Å². The van der Waals surface area contributed by atoms with Gasteiger partial charge in [0.05, 0.1) is 0 Å². The molecule has 0 bridgehead atoms. The molecule has 5 rings (SSSR count). The first-order chi connectivity index (χ1) is 17.2. The predicted molar refractivity (Wildman–Crippen MR) is 136 cm³/mol. The normalized spacial score (nSPS) is 14.8. The summed E-state index contributed by atoms with van der Waals surface area (Å²) in [4.78, 5) is 4.75. The number of benzene rings is 3. The molecule has 0 aliphatic carbocycles. The summed E-state index contributed by atoms with van der Waals surface area (Å²) >= 11 is 0. The van der Waals surface area contributed by atoms with E-state index in [9.17, 15) is 8.78 Å². The van der Waals surface area contributed by atoms with Crippen molar-refractivity contribution in [3.8, 4) is 11.3 Å². The van der Waals surface area contributed by atoms with Crippen molar-refractivity contribution in [1.29, 1.82) is 0 Å². The molecule has 4 aromatic rings. The number of halogens is 2. The molecule has 0 spiro atoms. The van der Waals surface area contributed by atoms with Gasteiger partial charge >= 0.3 is 0 Å². The number of fused-ring (bicyclic) bond motifs is 1. The summed E-state index contributed by atoms with van der Waals surface area (Å²) in [5.41, 5.74) is 1.99. The van der Waals surface area contributed by atoms with Gasteiger partial charge < -0.3 is 14.3 Å². The van der Waals surface area contributed by atoms with Gasteiger partial charge in [0.15, 0.2) is 0 Å². The monoisotopic (exact) mass is 475 g/mol. The van der Waals surface area contributed by atoms with Crippen molar-refractivity contribution in [3.63, 3.8) is 0 Å². The van der Waals surface area contributed by atoms with E-state index in [2.05, 4.69) is 51.4 Å². The van der Waals surface area contributed by atoms with Gasteiger partial charge in [-0.3, -0.25) is 0 Å². The molecule has 0 atom stereocenters. The van der Waals surface area contributed by atoms with Gasteiger partial charge in [-0.2, -0.15) is 0 Å². The molecule has 182 valence electrons. The molecule has 1 fully saturated rings. The molecule has 3 aromatic carbocycles. The highest BCUT2D eigenvalue weighted by molar-refractivity contribution is 5.85. The Kier molecular flexibility index (Phi) is 7.38. The summed E-state index contributed by atoms with van der Waals surface area (Å²) < 4.78 is 33.3. The highest BCUT2D eigenvalue weighted by Gasteiger charge is 2.17. The smallest absolute Gasteiger partial charge is 0.228 e. The SMILES string of the molecule is Fc1cc(F)cc(-c2cc(N(CCCN3CCCCCC3)Cc3cccc4ccccc34)on2)c1. The third kappa shape index (κ3) is 5.88. The number of anilines is 1. The molecule has 35 heavy (non-hydrogen) atoms. The van der Waals surface area contributed by atoms with Crippen molar-refractivity contribution in [2.75, 3.05) is 31.1 Å². The van der Waals surface area contributed by atoms with Crippen LogP contribution in [0, 0.1) is 11.6 Å². The lowest BCUT2D eigenvalue weighted by molar-refractivity contribution is 0.281. The second kappa shape index (κ2) is 11.0. The van der Waals surface area contributed by atoms with Crippen LogP contribution in [0.25, 0.3) is 22.0 Å². The van der Waals surface area contributed by atoms with Gasteiger partial charge in [0.1, 0.15) is 17.3 Å². The Morgan fingerprint density at radius 1 is 0.857 bits per heavy atom. The van der Waals surface area contributed by atoms with E-state index in [-0.39, 0.29) is 0 Å². The van der Waals surface area contributed by atoms with Crippen LogP contribution in [0.3, 0.4) is 0 Å². The summed E-state index contributed by atoms with van der Waals surface area (Å²) in [5.74, 6) is -0.655. The molecule has 0 amide bonds. The number of likely N-dealkylation sites (tertiary alicyclic amines) is 1. The Balaban J connectivity index is 1.38. The van der Waals surface area contributed by atoms with Crippen LogP contribution in [0.5, 0.6) is 0 Å². The molecule has 6 heteroatoms. The van der Waals surface area contributed by atoms with Crippen molar-refractivity contribution in [3.05, 3.63) is 83.9 Å². The van der Waals surface area contributed by atoms with Gasteiger partial charge in [0, 0.05) is 30.8 Å². The summed E-state index contributed by atoms with van der Waals surface area (Å²) in [5, 5.41) is 6.55. The van der Waals surface area contributed by atoms with Gasteiger partial charge in [-0.05, 0) is 67.4 Å². The Hall–Kier alpha value is -3.25. The number of nitrogens with zero attached hydrogens (tertiary/aromatic N) is 3. The van der Waals surface area contributed by atoms with E-state index in [0.29, 0.717) is 23.7 Å². The van der Waals surface area contributed by atoms with Crippen LogP contribution >= 0.6 is 0 Å². The maximum atomic E-state index is 13.8. The Bertz CT molecular complexity index is 1240. The minimum absolute atomic E-state index is 0.368. The molecular formula is C29H31F2N3O. The molecule has 1 aliphatic heterocycles. The van der Waals surface area contributed by atoms with Gasteiger partial charge in [0.2, 0.25) is 5.88 Å². The first kappa shape index (κ1) is 23.5. The lowest BCUT2D eigenvalue weighted by Crippen LogP contribution is -2.30. The molecule has 0 unspecified atom stereocenters. The van der Waals surface area contributed by atoms with E-state index in [4.69, 9.17) is 4.52 Å². The number of rotatable bonds is 8. The molecule has 0 N–H and O–H groups in total. The number of aromatic nitrogens is 1. The van der Waals surface area contributed by atoms with E-state index in [1.54, 1.807) is 6.07 Å². The van der Waals surface area contributed by atoms with Gasteiger partial charge in [-0.15, -0.1) is 0 Å². The molecule has 1 saturated heterocycles. The van der Waals surface area contributed by atoms with Crippen LogP contribution in [-0.2, 0) is 6.54 Å². The van der Waals surface area contributed by atoms with Crippen LogP contribution in [0.1, 0.15) is 37.7 Å². The topological polar surface area (TPSA) is 32.5 Å². The van der Waals surface area contributed by atoms with Crippen molar-refractivity contribution in [2.45, 2.75) is 38.6 Å². The molecular weight excluding hydrogens is 444 g/mol. The first-order valence-corrected chi connectivity index (χ1v) is 12.5. The van der Waals surface area contributed by atoms with E-state index in [1.807, 2.05) is 6.07 Å². The van der Waals surface area contributed by atoms with Crippen LogP contribution in [0.2, 0.25) is 0 Å². The average Bonchev–Trinajstić information content (AvgIpc) is 3.21. The van der Waals surface area contributed by atoms with Crippen molar-refractivity contribution in [2.24, 2.45) is 0 Å². The second-order valence-electron chi connectivity index (χ2n) is 9.38. The van der Waals surface area contributed by atoms with E-state index in [1.165, 1.54) is 67.2 Å². The zero-order valence-corrected chi connectivity index (χ0v) is 19.9. The van der Waals surface area contributed by atoms with Gasteiger partial charge in [-0.1, -0.05) is 60.5 Å². The molecule has 0 radical (unpaired) electrons. The molecule has 1 aliphatic rings. The highest BCUT2D eigenvalue weighted by Crippen LogP contribution is 2.28. The minimum atomic E-state index is -0.630. The van der Waals surface area contributed by atoms with E-state index < -0.39 is 11.6 Å². The fourth-order valence-electron chi connectivity index (χ4n) is 5.00. The van der Waals surface area contributed by atoms with Crippen molar-refractivity contribution >= 4 is 16.7 Å². The summed E-state index contributed by atoms with van der Waals surface area (Å²) in [6, 6.07) is 19.9. The van der Waals surface area contributed by atoms with Crippen molar-refractivity contribution in [1.82, 2.24) is 10.1 Å². The Morgan fingerprint density at radius 2 is 1.60 bits per heavy atom. The lowest BCUT2D eigenvalue weighted by atomic mass is 10.0. The summed E-state index contributed by atoms with van der Waals surface area (Å²) in [7, 11) is 0. The van der Waals surface area contributed by atoms with Crippen LogP contribution < -0.4 is 4.90 Å². The Labute approximate surface area is 205 Å². The quantitative estimate of drug-likeness (QED) is 0.273. The Morgan fingerprint density at radius 3 is 2.40 bits per heavy atom. The van der Waals surface area contributed by atoms with Crippen LogP contribution in [0.15, 0.2) is 71.3 Å². The average molecular weight is 476 g/mol. The highest BCUT2D eigenvalue weighted by atomic mass is 19.1. The zero-order valence-electron chi connectivity index (χ0n) is 19.9. The number of hydrogen-bond donors (Lipinski definition) is 0. The minimum Gasteiger partial charge on any atom is -0.338 e. The predicted octanol–water partition coefficient (Wildman–Crippen LogP) is 7.05. The fourth-order valence-corrected chi connectivity index (χ4v) is 5.00. The summed E-state index contributed by atoms with van der Waals surface area (Å²) in [6.07, 6.45) is 6.19. The maximum absolute atomic E-state index is 13.8. The fraction of sp³-hybridized carbons (Fsp3) is 0.345. The third-order valence-electron chi connectivity index (χ3n) is 6.81. The largest absolute Gasteiger partial charge is 0.338 e. The zero-order chi connectivity index (χ0) is 24.0. The van der Waals surface area contributed by atoms with Gasteiger partial charge in [-0.25, -0.2) is 8.78 Å². The summed E-state index contributed by atoms with van der Waals surface area (Å²) in [6.45, 7) is 4.84. The van der Waals surface area contributed by atoms with Crippen molar-refractivity contribution < 1.29 is 13.3 Å². The van der Waals surface area contributed by atoms with Crippen LogP contribution in [-0.4, -0.2) is 36.2 Å². The molecule has 0 saturated carbocycles. The third-order valence-corrected chi connectivity index (χ3v) is 6.81. The maximum Gasteiger partial charge on any atom is 0.228 e. The number of hydrogen-bond acceptors (Lipinski definition) is 4. The standard InChI is InChI=1S/C29H31F2N3O/c30-25-17-24(18-26(31)19-25)28-20-29(35-32-28)34(16-8-15-33-13-5-1-2-6-14-33)21-23-11-7-10-22-9-3-4-12-27(22)23/h3-4,7,9-12,17-20H,1-2,5-6,8,13-16,21H2. The van der Waals surface area contributed by atoms with E-state index >= 15 is 0 Å². The molecule has 4 nitrogen and oxygen atoms in total. The van der Waals surface area contributed by atoms with E-state index in [0.717, 1.165) is 25.6 Å². The first-order valence-electron chi connectivity index (χ1n) is 12.5. The lowest BCUT2D eigenvalue weighted by Gasteiger charge is -2.25. The molecule has 2 heterocycles. The second-order valence-corrected chi connectivity index (χ2v) is 9.38.